The molecule has 0 aliphatic heterocycles. The second-order valence-corrected chi connectivity index (χ2v) is 2.91. The molecule has 0 fully saturated rings. The van der Waals surface area contributed by atoms with Crippen molar-refractivity contribution in [2.45, 2.75) is 13.3 Å². The normalized spacial score (nSPS) is 8.79. The van der Waals surface area contributed by atoms with Gasteiger partial charge >= 0.3 is 0 Å². The van der Waals surface area contributed by atoms with Crippen LogP contribution in [-0.4, -0.2) is 6.61 Å². The maximum absolute atomic E-state index is 8.83. The molecule has 0 heterocycles. The predicted molar refractivity (Wildman–Crippen MR) is 54.8 cm³/mol. The third-order valence-electron chi connectivity index (χ3n) is 1.76. The van der Waals surface area contributed by atoms with Crippen LogP contribution in [0, 0.1) is 30.6 Å². The Labute approximate surface area is 84.1 Å². The third kappa shape index (κ3) is 2.54. The Morgan fingerprint density at radius 3 is 2.93 bits per heavy atom. The Bertz CT molecular complexity index is 396. The zero-order valence-corrected chi connectivity index (χ0v) is 8.08. The van der Waals surface area contributed by atoms with Crippen molar-refractivity contribution in [2.75, 3.05) is 6.61 Å². The van der Waals surface area contributed by atoms with E-state index < -0.39 is 0 Å². The van der Waals surface area contributed by atoms with Gasteiger partial charge in [-0.3, -0.25) is 0 Å². The fourth-order valence-corrected chi connectivity index (χ4v) is 1.08. The van der Waals surface area contributed by atoms with Gasteiger partial charge in [0, 0.05) is 6.42 Å². The molecule has 0 aliphatic rings. The summed E-state index contributed by atoms with van der Waals surface area (Å²) in [6.07, 6.45) is 5.65. The SMILES string of the molecule is C#CCCOc1ccc(C)cc1C#N. The summed E-state index contributed by atoms with van der Waals surface area (Å²) >= 11 is 0. The van der Waals surface area contributed by atoms with Crippen molar-refractivity contribution in [3.05, 3.63) is 29.3 Å². The molecule has 14 heavy (non-hydrogen) atoms. The number of ether oxygens (including phenoxy) is 1. The molecule has 0 bridgehead atoms. The first kappa shape index (κ1) is 10.2. The van der Waals surface area contributed by atoms with E-state index in [2.05, 4.69) is 12.0 Å². The van der Waals surface area contributed by atoms with Crippen LogP contribution in [0.15, 0.2) is 18.2 Å². The fraction of sp³-hybridized carbons (Fsp3) is 0.250. The quantitative estimate of drug-likeness (QED) is 0.534. The monoisotopic (exact) mass is 185 g/mol. The van der Waals surface area contributed by atoms with Crippen LogP contribution in [0.25, 0.3) is 0 Å². The molecular formula is C12H11NO. The van der Waals surface area contributed by atoms with Crippen LogP contribution in [0.3, 0.4) is 0 Å². The lowest BCUT2D eigenvalue weighted by molar-refractivity contribution is 0.326. The summed E-state index contributed by atoms with van der Waals surface area (Å²) in [7, 11) is 0. The van der Waals surface area contributed by atoms with Gasteiger partial charge in [-0.1, -0.05) is 6.07 Å². The zero-order valence-electron chi connectivity index (χ0n) is 8.08. The summed E-state index contributed by atoms with van der Waals surface area (Å²) in [5, 5.41) is 8.83. The molecule has 70 valence electrons. The lowest BCUT2D eigenvalue weighted by Gasteiger charge is -2.06. The van der Waals surface area contributed by atoms with Gasteiger partial charge in [0.25, 0.3) is 0 Å². The van der Waals surface area contributed by atoms with E-state index in [1.807, 2.05) is 13.0 Å². The highest BCUT2D eigenvalue weighted by Gasteiger charge is 2.02. The number of terminal acetylenes is 1. The van der Waals surface area contributed by atoms with E-state index in [-0.39, 0.29) is 0 Å². The lowest BCUT2D eigenvalue weighted by atomic mass is 10.1. The first-order valence-corrected chi connectivity index (χ1v) is 4.35. The van der Waals surface area contributed by atoms with Gasteiger partial charge in [0.05, 0.1) is 12.2 Å². The van der Waals surface area contributed by atoms with Gasteiger partial charge in [0.15, 0.2) is 0 Å². The first-order chi connectivity index (χ1) is 6.77. The highest BCUT2D eigenvalue weighted by Crippen LogP contribution is 2.18. The average Bonchev–Trinajstić information content (AvgIpc) is 2.20. The minimum absolute atomic E-state index is 0.453. The van der Waals surface area contributed by atoms with E-state index in [0.29, 0.717) is 24.3 Å². The highest BCUT2D eigenvalue weighted by atomic mass is 16.5. The van der Waals surface area contributed by atoms with Gasteiger partial charge < -0.3 is 4.74 Å². The summed E-state index contributed by atoms with van der Waals surface area (Å²) in [4.78, 5) is 0. The summed E-state index contributed by atoms with van der Waals surface area (Å²) < 4.78 is 5.36. The molecular weight excluding hydrogens is 174 g/mol. The van der Waals surface area contributed by atoms with Gasteiger partial charge in [-0.2, -0.15) is 5.26 Å². The fourth-order valence-electron chi connectivity index (χ4n) is 1.08. The highest BCUT2D eigenvalue weighted by molar-refractivity contribution is 5.45. The third-order valence-corrected chi connectivity index (χ3v) is 1.76. The van der Waals surface area contributed by atoms with Crippen LogP contribution >= 0.6 is 0 Å². The van der Waals surface area contributed by atoms with Crippen molar-refractivity contribution >= 4 is 0 Å². The number of benzene rings is 1. The summed E-state index contributed by atoms with van der Waals surface area (Å²) in [6, 6.07) is 7.59. The topological polar surface area (TPSA) is 33.0 Å². The molecule has 0 atom stereocenters. The average molecular weight is 185 g/mol. The minimum atomic E-state index is 0.453. The van der Waals surface area contributed by atoms with Crippen molar-refractivity contribution in [1.29, 1.82) is 5.26 Å². The Hall–Kier alpha value is -1.93. The number of rotatable bonds is 3. The lowest BCUT2D eigenvalue weighted by Crippen LogP contribution is -1.97. The van der Waals surface area contributed by atoms with Crippen LogP contribution in [0.1, 0.15) is 17.5 Å². The standard InChI is InChI=1S/C12H11NO/c1-3-4-7-14-12-6-5-10(2)8-11(12)9-13/h1,5-6,8H,4,7H2,2H3. The summed E-state index contributed by atoms with van der Waals surface area (Å²) in [6.45, 7) is 2.39. The van der Waals surface area contributed by atoms with Gasteiger partial charge in [0.2, 0.25) is 0 Å². The van der Waals surface area contributed by atoms with Crippen molar-refractivity contribution in [3.63, 3.8) is 0 Å². The van der Waals surface area contributed by atoms with E-state index in [4.69, 9.17) is 16.4 Å². The van der Waals surface area contributed by atoms with E-state index in [1.54, 1.807) is 12.1 Å². The van der Waals surface area contributed by atoms with E-state index in [1.165, 1.54) is 0 Å². The maximum atomic E-state index is 8.83. The van der Waals surface area contributed by atoms with E-state index >= 15 is 0 Å². The largest absolute Gasteiger partial charge is 0.491 e. The molecule has 0 radical (unpaired) electrons. The molecule has 0 N–H and O–H groups in total. The van der Waals surface area contributed by atoms with E-state index in [0.717, 1.165) is 5.56 Å². The Morgan fingerprint density at radius 2 is 2.29 bits per heavy atom. The second kappa shape index (κ2) is 4.94. The Morgan fingerprint density at radius 1 is 1.50 bits per heavy atom. The van der Waals surface area contributed by atoms with Crippen LogP contribution in [0.5, 0.6) is 5.75 Å². The molecule has 1 aromatic carbocycles. The molecule has 0 unspecified atom stereocenters. The number of hydrogen-bond donors (Lipinski definition) is 0. The van der Waals surface area contributed by atoms with Crippen LogP contribution in [-0.2, 0) is 0 Å². The van der Waals surface area contributed by atoms with Crippen LogP contribution < -0.4 is 4.74 Å². The number of hydrogen-bond acceptors (Lipinski definition) is 2. The van der Waals surface area contributed by atoms with Crippen LogP contribution in [0.2, 0.25) is 0 Å². The smallest absolute Gasteiger partial charge is 0.137 e. The molecule has 0 aromatic heterocycles. The number of aryl methyl sites for hydroxylation is 1. The molecule has 0 saturated heterocycles. The van der Waals surface area contributed by atoms with Crippen molar-refractivity contribution in [2.24, 2.45) is 0 Å². The molecule has 1 rings (SSSR count). The first-order valence-electron chi connectivity index (χ1n) is 4.35. The molecule has 0 spiro atoms. The summed E-state index contributed by atoms with van der Waals surface area (Å²) in [5.41, 5.74) is 1.60. The Kier molecular flexibility index (Phi) is 3.58. The van der Waals surface area contributed by atoms with Crippen molar-refractivity contribution in [1.82, 2.24) is 0 Å². The van der Waals surface area contributed by atoms with Gasteiger partial charge in [0.1, 0.15) is 11.8 Å². The van der Waals surface area contributed by atoms with Crippen LogP contribution in [0.4, 0.5) is 0 Å². The number of nitrogens with zero attached hydrogens (tertiary/aromatic N) is 1. The molecule has 2 nitrogen and oxygen atoms in total. The molecule has 2 heteroatoms. The molecule has 0 saturated carbocycles. The molecule has 0 aliphatic carbocycles. The van der Waals surface area contributed by atoms with Crippen molar-refractivity contribution in [3.8, 4) is 24.2 Å². The predicted octanol–water partition coefficient (Wildman–Crippen LogP) is 2.27. The maximum Gasteiger partial charge on any atom is 0.137 e. The molecule has 1 aromatic rings. The van der Waals surface area contributed by atoms with Gasteiger partial charge in [-0.25, -0.2) is 0 Å². The van der Waals surface area contributed by atoms with Gasteiger partial charge in [-0.15, -0.1) is 12.3 Å². The second-order valence-electron chi connectivity index (χ2n) is 2.91. The zero-order chi connectivity index (χ0) is 10.4. The summed E-state index contributed by atoms with van der Waals surface area (Å²) in [5.74, 6) is 3.08. The number of nitriles is 1. The van der Waals surface area contributed by atoms with Gasteiger partial charge in [-0.05, 0) is 24.6 Å². The minimum Gasteiger partial charge on any atom is -0.491 e. The molecule has 0 amide bonds. The van der Waals surface area contributed by atoms with Crippen molar-refractivity contribution < 1.29 is 4.74 Å². The Balaban J connectivity index is 2.78. The van der Waals surface area contributed by atoms with E-state index in [9.17, 15) is 0 Å².